The van der Waals surface area contributed by atoms with Crippen LogP contribution in [0.25, 0.3) is 11.4 Å². The van der Waals surface area contributed by atoms with Gasteiger partial charge in [0.15, 0.2) is 0 Å². The molecular formula is C28H42N4O6. The maximum atomic E-state index is 12.6. The fourth-order valence-electron chi connectivity index (χ4n) is 3.69. The summed E-state index contributed by atoms with van der Waals surface area (Å²) in [5, 5.41) is 19.1. The summed E-state index contributed by atoms with van der Waals surface area (Å²) in [7, 11) is 0. The Bertz CT molecular complexity index is 1090. The monoisotopic (exact) mass is 530 g/mol. The van der Waals surface area contributed by atoms with Crippen molar-refractivity contribution in [1.82, 2.24) is 20.2 Å². The molecule has 10 heteroatoms. The third kappa shape index (κ3) is 11.3. The first-order valence-electron chi connectivity index (χ1n) is 13.2. The van der Waals surface area contributed by atoms with E-state index in [2.05, 4.69) is 48.1 Å². The Kier molecular flexibility index (Phi) is 15.3. The molecule has 1 heterocycles. The number of hydrogen-bond acceptors (Lipinski definition) is 7. The Balaban J connectivity index is 0.000000781. The molecule has 0 aliphatic heterocycles. The average Bonchev–Trinajstić information content (AvgIpc) is 2.91. The summed E-state index contributed by atoms with van der Waals surface area (Å²) in [5.41, 5.74) is 3.57. The van der Waals surface area contributed by atoms with E-state index in [0.29, 0.717) is 31.0 Å². The smallest absolute Gasteiger partial charge is 0.328 e. The molecule has 0 fully saturated rings. The molecular weight excluding hydrogens is 488 g/mol. The van der Waals surface area contributed by atoms with Crippen molar-refractivity contribution in [2.45, 2.75) is 60.4 Å². The Morgan fingerprint density at radius 3 is 2.24 bits per heavy atom. The minimum atomic E-state index is -1.26. The minimum absolute atomic E-state index is 0.0523. The molecule has 0 spiro atoms. The molecule has 0 saturated carbocycles. The zero-order valence-electron chi connectivity index (χ0n) is 23.2. The van der Waals surface area contributed by atoms with Gasteiger partial charge in [-0.25, -0.2) is 14.6 Å². The van der Waals surface area contributed by atoms with Gasteiger partial charge < -0.3 is 30.2 Å². The van der Waals surface area contributed by atoms with Crippen molar-refractivity contribution < 1.29 is 24.5 Å². The number of aliphatic carboxylic acids is 2. The largest absolute Gasteiger partial charge is 0.493 e. The SMILES string of the molecule is CCCOc1ccc(CNCCN(CC)CC)cc1-c1nc(CC)c(CC)c(=O)[nH]1.O=C(O)/C=C\C(=O)O. The van der Waals surface area contributed by atoms with Gasteiger partial charge in [-0.05, 0) is 50.0 Å². The number of benzene rings is 1. The maximum absolute atomic E-state index is 12.6. The van der Waals surface area contributed by atoms with Crippen molar-refractivity contribution in [2.24, 2.45) is 0 Å². The number of aromatic nitrogens is 2. The van der Waals surface area contributed by atoms with Crippen LogP contribution in [0.15, 0.2) is 35.1 Å². The summed E-state index contributed by atoms with van der Waals surface area (Å²) in [6.07, 6.45) is 3.46. The summed E-state index contributed by atoms with van der Waals surface area (Å²) in [6.45, 7) is 16.0. The molecule has 38 heavy (non-hydrogen) atoms. The quantitative estimate of drug-likeness (QED) is 0.201. The van der Waals surface area contributed by atoms with E-state index in [0.717, 1.165) is 73.7 Å². The van der Waals surface area contributed by atoms with Crippen LogP contribution >= 0.6 is 0 Å². The third-order valence-electron chi connectivity index (χ3n) is 5.75. The topological polar surface area (TPSA) is 145 Å². The number of aryl methyl sites for hydroxylation is 1. The van der Waals surface area contributed by atoms with Gasteiger partial charge in [0.2, 0.25) is 0 Å². The fourth-order valence-corrected chi connectivity index (χ4v) is 3.69. The number of ether oxygens (including phenoxy) is 1. The third-order valence-corrected chi connectivity index (χ3v) is 5.75. The molecule has 0 aliphatic rings. The van der Waals surface area contributed by atoms with Gasteiger partial charge in [-0.3, -0.25) is 4.79 Å². The average molecular weight is 531 g/mol. The van der Waals surface area contributed by atoms with E-state index in [9.17, 15) is 14.4 Å². The molecule has 2 rings (SSSR count). The van der Waals surface area contributed by atoms with Crippen LogP contribution in [0.2, 0.25) is 0 Å². The van der Waals surface area contributed by atoms with Gasteiger partial charge in [0.1, 0.15) is 11.6 Å². The Hall–Kier alpha value is -3.50. The number of hydrogen-bond donors (Lipinski definition) is 4. The molecule has 10 nitrogen and oxygen atoms in total. The normalized spacial score (nSPS) is 10.9. The molecule has 0 radical (unpaired) electrons. The number of nitrogens with one attached hydrogen (secondary N) is 2. The lowest BCUT2D eigenvalue weighted by atomic mass is 10.1. The van der Waals surface area contributed by atoms with Gasteiger partial charge in [0.25, 0.3) is 5.56 Å². The summed E-state index contributed by atoms with van der Waals surface area (Å²) < 4.78 is 5.96. The van der Waals surface area contributed by atoms with E-state index in [1.165, 1.54) is 0 Å². The molecule has 2 aromatic rings. The first-order valence-corrected chi connectivity index (χ1v) is 13.2. The van der Waals surface area contributed by atoms with Crippen LogP contribution < -0.4 is 15.6 Å². The molecule has 0 bridgehead atoms. The first kappa shape index (κ1) is 32.5. The Morgan fingerprint density at radius 2 is 1.71 bits per heavy atom. The molecule has 0 amide bonds. The highest BCUT2D eigenvalue weighted by Crippen LogP contribution is 2.29. The summed E-state index contributed by atoms with van der Waals surface area (Å²) in [4.78, 5) is 41.9. The molecule has 0 aliphatic carbocycles. The highest BCUT2D eigenvalue weighted by Gasteiger charge is 2.14. The van der Waals surface area contributed by atoms with Gasteiger partial charge in [-0.2, -0.15) is 0 Å². The lowest BCUT2D eigenvalue weighted by molar-refractivity contribution is -0.134. The van der Waals surface area contributed by atoms with Gasteiger partial charge in [-0.1, -0.05) is 40.7 Å². The van der Waals surface area contributed by atoms with E-state index in [1.54, 1.807) is 0 Å². The predicted octanol–water partition coefficient (Wildman–Crippen LogP) is 3.49. The second kappa shape index (κ2) is 17.9. The van der Waals surface area contributed by atoms with Crippen molar-refractivity contribution in [2.75, 3.05) is 32.8 Å². The number of carboxylic acid groups (broad SMARTS) is 2. The number of likely N-dealkylation sites (N-methyl/N-ethyl adjacent to an activating group) is 1. The molecule has 0 saturated heterocycles. The standard InChI is InChI=1S/C24H38N4O2.C4H4O4/c1-6-15-30-22-12-11-18(17-25-13-14-28(9-4)10-5)16-20(22)23-26-21(8-3)19(7-2)24(29)27-23;5-3(6)1-2-4(7)8/h11-12,16,25H,6-10,13-15,17H2,1-5H3,(H,26,27,29);1-2H,(H,5,6)(H,7,8)/b;2-1-. The Morgan fingerprint density at radius 1 is 1.05 bits per heavy atom. The highest BCUT2D eigenvalue weighted by atomic mass is 16.5. The zero-order chi connectivity index (χ0) is 28.5. The van der Waals surface area contributed by atoms with Crippen molar-refractivity contribution in [1.29, 1.82) is 0 Å². The summed E-state index contributed by atoms with van der Waals surface area (Å²) in [5.74, 6) is -1.16. The van der Waals surface area contributed by atoms with Crippen LogP contribution in [0.3, 0.4) is 0 Å². The second-order valence-electron chi connectivity index (χ2n) is 8.44. The van der Waals surface area contributed by atoms with Crippen LogP contribution in [-0.4, -0.2) is 69.8 Å². The van der Waals surface area contributed by atoms with Crippen LogP contribution in [0.1, 0.15) is 57.9 Å². The molecule has 1 aromatic heterocycles. The molecule has 210 valence electrons. The van der Waals surface area contributed by atoms with Gasteiger partial charge in [0, 0.05) is 37.3 Å². The molecule has 4 N–H and O–H groups in total. The van der Waals surface area contributed by atoms with Crippen LogP contribution in [0.4, 0.5) is 0 Å². The van der Waals surface area contributed by atoms with E-state index in [4.69, 9.17) is 19.9 Å². The van der Waals surface area contributed by atoms with Crippen molar-refractivity contribution >= 4 is 11.9 Å². The number of nitrogens with zero attached hydrogens (tertiary/aromatic N) is 2. The fraction of sp³-hybridized carbons (Fsp3) is 0.500. The van der Waals surface area contributed by atoms with Gasteiger partial charge >= 0.3 is 11.9 Å². The predicted molar refractivity (Wildman–Crippen MR) is 149 cm³/mol. The lowest BCUT2D eigenvalue weighted by Gasteiger charge is -2.18. The lowest BCUT2D eigenvalue weighted by Crippen LogP contribution is -2.31. The van der Waals surface area contributed by atoms with Crippen LogP contribution in [0.5, 0.6) is 5.75 Å². The summed E-state index contributed by atoms with van der Waals surface area (Å²) in [6, 6.07) is 6.16. The Labute approximate surface area is 224 Å². The molecule has 0 atom stereocenters. The van der Waals surface area contributed by atoms with Crippen molar-refractivity contribution in [3.63, 3.8) is 0 Å². The van der Waals surface area contributed by atoms with E-state index in [1.807, 2.05) is 19.9 Å². The number of aromatic amines is 1. The van der Waals surface area contributed by atoms with Crippen molar-refractivity contribution in [3.05, 3.63) is 57.5 Å². The molecule has 0 unspecified atom stereocenters. The first-order chi connectivity index (χ1) is 18.2. The number of carboxylic acids is 2. The maximum Gasteiger partial charge on any atom is 0.328 e. The van der Waals surface area contributed by atoms with Crippen LogP contribution in [0, 0.1) is 0 Å². The van der Waals surface area contributed by atoms with Crippen molar-refractivity contribution in [3.8, 4) is 17.1 Å². The van der Waals surface area contributed by atoms with E-state index in [-0.39, 0.29) is 5.56 Å². The molecule has 1 aromatic carbocycles. The van der Waals surface area contributed by atoms with E-state index < -0.39 is 11.9 Å². The van der Waals surface area contributed by atoms with Gasteiger partial charge in [-0.15, -0.1) is 0 Å². The van der Waals surface area contributed by atoms with Gasteiger partial charge in [0.05, 0.1) is 17.9 Å². The van der Waals surface area contributed by atoms with E-state index >= 15 is 0 Å². The second-order valence-corrected chi connectivity index (χ2v) is 8.44. The highest BCUT2D eigenvalue weighted by molar-refractivity contribution is 5.89. The minimum Gasteiger partial charge on any atom is -0.493 e. The zero-order valence-corrected chi connectivity index (χ0v) is 23.2. The summed E-state index contributed by atoms with van der Waals surface area (Å²) >= 11 is 0. The number of rotatable bonds is 15. The number of H-pyrrole nitrogens is 1. The number of carbonyl (C=O) groups is 2. The van der Waals surface area contributed by atoms with Crippen LogP contribution in [-0.2, 0) is 29.0 Å².